The highest BCUT2D eigenvalue weighted by molar-refractivity contribution is 6.32. The van der Waals surface area contributed by atoms with Crippen molar-refractivity contribution in [2.24, 2.45) is 0 Å². The van der Waals surface area contributed by atoms with Gasteiger partial charge in [0.15, 0.2) is 0 Å². The fraction of sp³-hybridized carbons (Fsp3) is 0.176. The Hall–Kier alpha value is -3.13. The number of carbonyl (C=O) groups is 2. The summed E-state index contributed by atoms with van der Waals surface area (Å²) in [6, 6.07) is 7.25. The van der Waals surface area contributed by atoms with E-state index in [0.29, 0.717) is 11.3 Å². The van der Waals surface area contributed by atoms with E-state index in [2.05, 4.69) is 0 Å². The van der Waals surface area contributed by atoms with Crippen LogP contribution in [0.3, 0.4) is 0 Å². The van der Waals surface area contributed by atoms with E-state index >= 15 is 0 Å². The molecule has 0 saturated carbocycles. The van der Waals surface area contributed by atoms with Gasteiger partial charge in [0.2, 0.25) is 0 Å². The normalized spacial score (nSPS) is 16.0. The first kappa shape index (κ1) is 17.7. The molecule has 0 amide bonds. The molecule has 0 radical (unpaired) electrons. The molecule has 26 heavy (non-hydrogen) atoms. The molecule has 2 heterocycles. The van der Waals surface area contributed by atoms with Gasteiger partial charge in [0, 0.05) is 31.6 Å². The maximum atomic E-state index is 11.9. The van der Waals surface area contributed by atoms with E-state index in [0.717, 1.165) is 0 Å². The second-order valence-corrected chi connectivity index (χ2v) is 6.27. The van der Waals surface area contributed by atoms with Gasteiger partial charge in [0.1, 0.15) is 22.1 Å². The topological polar surface area (TPSA) is 109 Å². The Balaban J connectivity index is 1.92. The number of nitro benzene ring substituents is 1. The van der Waals surface area contributed by atoms with E-state index in [-0.39, 0.29) is 22.0 Å². The quantitative estimate of drug-likeness (QED) is 0.263. The Kier molecular flexibility index (Phi) is 4.29. The summed E-state index contributed by atoms with van der Waals surface area (Å²) in [5.74, 6) is -2.50. The minimum atomic E-state index is -1.33. The van der Waals surface area contributed by atoms with Gasteiger partial charge < -0.3 is 13.9 Å². The Morgan fingerprint density at radius 3 is 2.38 bits per heavy atom. The lowest BCUT2D eigenvalue weighted by Crippen LogP contribution is -2.41. The number of rotatable bonds is 3. The predicted molar refractivity (Wildman–Crippen MR) is 90.0 cm³/mol. The molecule has 8 nitrogen and oxygen atoms in total. The van der Waals surface area contributed by atoms with E-state index in [1.54, 1.807) is 12.1 Å². The summed E-state index contributed by atoms with van der Waals surface area (Å²) >= 11 is 5.78. The van der Waals surface area contributed by atoms with Crippen LogP contribution in [0.15, 0.2) is 40.3 Å². The highest BCUT2D eigenvalue weighted by atomic mass is 35.5. The van der Waals surface area contributed by atoms with Crippen LogP contribution in [0, 0.1) is 10.1 Å². The van der Waals surface area contributed by atoms with Gasteiger partial charge in [0.25, 0.3) is 11.5 Å². The molecule has 1 aromatic heterocycles. The molecule has 1 aliphatic rings. The van der Waals surface area contributed by atoms with Gasteiger partial charge in [-0.25, -0.2) is 9.59 Å². The van der Waals surface area contributed by atoms with Gasteiger partial charge in [0.05, 0.1) is 4.92 Å². The second kappa shape index (κ2) is 6.30. The lowest BCUT2D eigenvalue weighted by molar-refractivity contribution is -0.384. The number of hydrogen-bond donors (Lipinski definition) is 0. The van der Waals surface area contributed by atoms with E-state index < -0.39 is 22.6 Å². The molecule has 0 atom stereocenters. The third-order valence-corrected chi connectivity index (χ3v) is 3.78. The monoisotopic (exact) mass is 377 g/mol. The molecule has 9 heteroatoms. The average molecular weight is 378 g/mol. The number of hydrogen-bond acceptors (Lipinski definition) is 7. The van der Waals surface area contributed by atoms with Crippen molar-refractivity contribution in [1.82, 2.24) is 0 Å². The molecule has 1 saturated heterocycles. The molecule has 1 aliphatic heterocycles. The Bertz CT molecular complexity index is 936. The molecule has 0 aliphatic carbocycles. The number of carbonyl (C=O) groups excluding carboxylic acids is 2. The van der Waals surface area contributed by atoms with Crippen molar-refractivity contribution in [3.8, 4) is 11.3 Å². The first-order chi connectivity index (χ1) is 12.2. The highest BCUT2D eigenvalue weighted by Crippen LogP contribution is 2.32. The van der Waals surface area contributed by atoms with Gasteiger partial charge in [-0.05, 0) is 24.3 Å². The van der Waals surface area contributed by atoms with Crippen molar-refractivity contribution in [2.75, 3.05) is 0 Å². The molecule has 0 bridgehead atoms. The van der Waals surface area contributed by atoms with Crippen LogP contribution in [0.5, 0.6) is 0 Å². The number of halogens is 1. The van der Waals surface area contributed by atoms with Gasteiger partial charge in [-0.1, -0.05) is 11.6 Å². The number of nitro groups is 1. The van der Waals surface area contributed by atoms with E-state index in [4.69, 9.17) is 25.5 Å². The molecular weight excluding hydrogens is 366 g/mol. The summed E-state index contributed by atoms with van der Waals surface area (Å²) in [5.41, 5.74) is -0.157. The highest BCUT2D eigenvalue weighted by Gasteiger charge is 2.39. The van der Waals surface area contributed by atoms with Crippen molar-refractivity contribution in [3.05, 3.63) is 56.8 Å². The largest absolute Gasteiger partial charge is 0.457 e. The summed E-state index contributed by atoms with van der Waals surface area (Å²) in [6.45, 7) is 2.88. The Morgan fingerprint density at radius 2 is 1.77 bits per heavy atom. The van der Waals surface area contributed by atoms with Crippen LogP contribution >= 0.6 is 11.6 Å². The fourth-order valence-electron chi connectivity index (χ4n) is 2.31. The number of ether oxygens (including phenoxy) is 2. The number of benzene rings is 1. The molecule has 0 unspecified atom stereocenters. The summed E-state index contributed by atoms with van der Waals surface area (Å²) in [5, 5.41) is 11.0. The van der Waals surface area contributed by atoms with Gasteiger partial charge in [-0.2, -0.15) is 0 Å². The van der Waals surface area contributed by atoms with Gasteiger partial charge in [-0.3, -0.25) is 10.1 Å². The summed E-state index contributed by atoms with van der Waals surface area (Å²) in [7, 11) is 0. The maximum absolute atomic E-state index is 11.9. The lowest BCUT2D eigenvalue weighted by Gasteiger charge is -2.29. The molecule has 1 aromatic carbocycles. The minimum absolute atomic E-state index is 0.00274. The van der Waals surface area contributed by atoms with Crippen LogP contribution < -0.4 is 0 Å². The van der Waals surface area contributed by atoms with Gasteiger partial charge in [-0.15, -0.1) is 0 Å². The Labute approximate surface area is 152 Å². The van der Waals surface area contributed by atoms with Crippen molar-refractivity contribution in [1.29, 1.82) is 0 Å². The van der Waals surface area contributed by atoms with Crippen molar-refractivity contribution >= 4 is 35.3 Å². The molecule has 2 aromatic rings. The number of esters is 2. The summed E-state index contributed by atoms with van der Waals surface area (Å²) in [6.07, 6.45) is 1.19. The zero-order chi connectivity index (χ0) is 19.1. The summed E-state index contributed by atoms with van der Waals surface area (Å²) in [4.78, 5) is 34.2. The van der Waals surface area contributed by atoms with E-state index in [9.17, 15) is 19.7 Å². The van der Waals surface area contributed by atoms with Crippen LogP contribution in [0.1, 0.15) is 19.6 Å². The number of nitrogens with zero attached hydrogens (tertiary/aromatic N) is 1. The summed E-state index contributed by atoms with van der Waals surface area (Å²) < 4.78 is 15.5. The molecule has 134 valence electrons. The van der Waals surface area contributed by atoms with Crippen molar-refractivity contribution < 1.29 is 28.4 Å². The van der Waals surface area contributed by atoms with Crippen LogP contribution in [0.25, 0.3) is 17.4 Å². The predicted octanol–water partition coefficient (Wildman–Crippen LogP) is 3.73. The second-order valence-electron chi connectivity index (χ2n) is 5.86. The van der Waals surface area contributed by atoms with Crippen molar-refractivity contribution in [3.63, 3.8) is 0 Å². The fourth-order valence-corrected chi connectivity index (χ4v) is 2.50. The SMILES string of the molecule is CC1(C)OC(=O)C(=Cc2ccc(-c3ccc(Cl)c([N+](=O)[O-])c3)o2)C(=O)O1. The molecule has 3 rings (SSSR count). The van der Waals surface area contributed by atoms with E-state index in [1.807, 2.05) is 0 Å². The lowest BCUT2D eigenvalue weighted by atomic mass is 10.1. The first-order valence-electron chi connectivity index (χ1n) is 7.39. The minimum Gasteiger partial charge on any atom is -0.457 e. The van der Waals surface area contributed by atoms with E-state index in [1.165, 1.54) is 38.1 Å². The molecule has 1 fully saturated rings. The number of furan rings is 1. The molecule has 0 spiro atoms. The molecular formula is C17H12ClNO7. The molecule has 0 N–H and O–H groups in total. The smallest absolute Gasteiger partial charge is 0.348 e. The number of cyclic esters (lactones) is 2. The zero-order valence-corrected chi connectivity index (χ0v) is 14.4. The van der Waals surface area contributed by atoms with Crippen LogP contribution in [-0.4, -0.2) is 22.6 Å². The van der Waals surface area contributed by atoms with Gasteiger partial charge >= 0.3 is 11.9 Å². The average Bonchev–Trinajstić information content (AvgIpc) is 2.99. The Morgan fingerprint density at radius 1 is 1.12 bits per heavy atom. The maximum Gasteiger partial charge on any atom is 0.348 e. The zero-order valence-electron chi connectivity index (χ0n) is 13.6. The third kappa shape index (κ3) is 3.45. The first-order valence-corrected chi connectivity index (χ1v) is 7.76. The van der Waals surface area contributed by atoms with Crippen LogP contribution in [-0.2, 0) is 19.1 Å². The van der Waals surface area contributed by atoms with Crippen LogP contribution in [0.4, 0.5) is 5.69 Å². The van der Waals surface area contributed by atoms with Crippen LogP contribution in [0.2, 0.25) is 5.02 Å². The van der Waals surface area contributed by atoms with Crippen molar-refractivity contribution in [2.45, 2.75) is 19.6 Å². The standard InChI is InChI=1S/C17H12ClNO7/c1-17(2)25-15(20)11(16(21)26-17)8-10-4-6-14(24-10)9-3-5-12(18)13(7-9)19(22)23/h3-8H,1-2H3. The third-order valence-electron chi connectivity index (χ3n) is 3.46.